The van der Waals surface area contributed by atoms with Gasteiger partial charge >= 0.3 is 10.1 Å². The summed E-state index contributed by atoms with van der Waals surface area (Å²) in [6, 6.07) is 5.82. The van der Waals surface area contributed by atoms with Crippen molar-refractivity contribution in [3.8, 4) is 5.75 Å². The van der Waals surface area contributed by atoms with Crippen LogP contribution in [0.25, 0.3) is 6.08 Å². The highest BCUT2D eigenvalue weighted by Crippen LogP contribution is 2.31. The number of amides is 1. The molecule has 10 nitrogen and oxygen atoms in total. The lowest BCUT2D eigenvalue weighted by molar-refractivity contribution is -0.114. The molecule has 0 bridgehead atoms. The fourth-order valence-corrected chi connectivity index (χ4v) is 5.82. The number of rotatable bonds is 5. The number of benzene rings is 1. The highest BCUT2D eigenvalue weighted by Gasteiger charge is 2.39. The molecule has 0 saturated carbocycles. The van der Waals surface area contributed by atoms with E-state index in [2.05, 4.69) is 10.1 Å². The second-order valence-corrected chi connectivity index (χ2v) is 11.7. The summed E-state index contributed by atoms with van der Waals surface area (Å²) in [5, 5.41) is 13.3. The SMILES string of the molecule is CC(C)CS(=O)(=O)C1=NN2C(=N)/C(=C/c3ccc(OS(C)(=O)=O)cc3)C(=O)N=C2S1. The smallest absolute Gasteiger partial charge is 0.306 e. The molecule has 0 radical (unpaired) electrons. The summed E-state index contributed by atoms with van der Waals surface area (Å²) in [5.74, 6) is -1.11. The number of aliphatic imine (C=N–C) groups is 1. The van der Waals surface area contributed by atoms with Crippen molar-refractivity contribution in [1.82, 2.24) is 5.01 Å². The van der Waals surface area contributed by atoms with Crippen molar-refractivity contribution in [3.05, 3.63) is 35.4 Å². The van der Waals surface area contributed by atoms with Gasteiger partial charge in [0.1, 0.15) is 5.75 Å². The van der Waals surface area contributed by atoms with Crippen molar-refractivity contribution < 1.29 is 25.8 Å². The Morgan fingerprint density at radius 1 is 1.20 bits per heavy atom. The van der Waals surface area contributed by atoms with Crippen LogP contribution in [0.4, 0.5) is 0 Å². The van der Waals surface area contributed by atoms with E-state index in [1.54, 1.807) is 13.8 Å². The first-order valence-electron chi connectivity index (χ1n) is 8.58. The first-order chi connectivity index (χ1) is 13.9. The van der Waals surface area contributed by atoms with Crippen LogP contribution in [0.1, 0.15) is 19.4 Å². The number of hydrazone groups is 1. The molecule has 1 aromatic rings. The molecular weight excluding hydrogens is 452 g/mol. The second kappa shape index (κ2) is 7.96. The summed E-state index contributed by atoms with van der Waals surface area (Å²) >= 11 is 0.742. The molecule has 0 aliphatic carbocycles. The lowest BCUT2D eigenvalue weighted by Gasteiger charge is -2.20. The van der Waals surface area contributed by atoms with Crippen molar-refractivity contribution in [1.29, 1.82) is 5.41 Å². The van der Waals surface area contributed by atoms with Crippen molar-refractivity contribution in [2.24, 2.45) is 16.0 Å². The normalized spacial score (nSPS) is 18.5. The summed E-state index contributed by atoms with van der Waals surface area (Å²) in [6.07, 6.45) is 2.31. The lowest BCUT2D eigenvalue weighted by Crippen LogP contribution is -2.35. The monoisotopic (exact) mass is 470 g/mol. The Morgan fingerprint density at radius 3 is 2.40 bits per heavy atom. The first kappa shape index (κ1) is 22.2. The van der Waals surface area contributed by atoms with Crippen LogP contribution in [-0.4, -0.2) is 55.1 Å². The molecule has 0 unspecified atom stereocenters. The van der Waals surface area contributed by atoms with Crippen molar-refractivity contribution in [2.45, 2.75) is 13.8 Å². The maximum atomic E-state index is 12.4. The number of fused-ring (bicyclic) bond motifs is 1. The zero-order valence-electron chi connectivity index (χ0n) is 16.2. The van der Waals surface area contributed by atoms with Crippen LogP contribution in [0.3, 0.4) is 0 Å². The minimum atomic E-state index is -3.66. The van der Waals surface area contributed by atoms with Gasteiger partial charge in [-0.25, -0.2) is 8.42 Å². The Bertz CT molecular complexity index is 1210. The van der Waals surface area contributed by atoms with E-state index in [0.29, 0.717) is 5.56 Å². The number of hydrogen-bond donors (Lipinski definition) is 1. The molecule has 30 heavy (non-hydrogen) atoms. The minimum Gasteiger partial charge on any atom is -0.383 e. The Labute approximate surface area is 178 Å². The zero-order chi connectivity index (χ0) is 22.3. The van der Waals surface area contributed by atoms with Crippen molar-refractivity contribution in [3.63, 3.8) is 0 Å². The molecular formula is C17H18N4O6S3. The molecule has 0 saturated heterocycles. The number of amidine groups is 2. The van der Waals surface area contributed by atoms with Crippen LogP contribution < -0.4 is 4.18 Å². The third-order valence-corrected chi connectivity index (χ3v) is 7.62. The molecule has 1 N–H and O–H groups in total. The average Bonchev–Trinajstić information content (AvgIpc) is 3.03. The van der Waals surface area contributed by atoms with Gasteiger partial charge in [0, 0.05) is 0 Å². The summed E-state index contributed by atoms with van der Waals surface area (Å²) in [4.78, 5) is 16.3. The molecule has 0 fully saturated rings. The fourth-order valence-electron chi connectivity index (χ4n) is 2.57. The third-order valence-electron chi connectivity index (χ3n) is 3.69. The van der Waals surface area contributed by atoms with E-state index in [4.69, 9.17) is 9.59 Å². The molecule has 2 heterocycles. The maximum absolute atomic E-state index is 12.4. The van der Waals surface area contributed by atoms with E-state index >= 15 is 0 Å². The van der Waals surface area contributed by atoms with E-state index in [1.807, 2.05) is 0 Å². The Morgan fingerprint density at radius 2 is 1.83 bits per heavy atom. The molecule has 2 aliphatic rings. The van der Waals surface area contributed by atoms with Crippen molar-refractivity contribution in [2.75, 3.05) is 12.0 Å². The molecule has 1 aromatic carbocycles. The molecule has 13 heteroatoms. The minimum absolute atomic E-state index is 0.0152. The van der Waals surface area contributed by atoms with Crippen LogP contribution >= 0.6 is 11.8 Å². The second-order valence-electron chi connectivity index (χ2n) is 6.92. The van der Waals surface area contributed by atoms with Crippen LogP contribution in [0, 0.1) is 11.3 Å². The Balaban J connectivity index is 1.88. The summed E-state index contributed by atoms with van der Waals surface area (Å²) in [7, 11) is -7.32. The largest absolute Gasteiger partial charge is 0.383 e. The molecule has 0 aromatic heterocycles. The molecule has 0 atom stereocenters. The number of nitrogens with one attached hydrogen (secondary N) is 1. The highest BCUT2D eigenvalue weighted by molar-refractivity contribution is 8.42. The van der Waals surface area contributed by atoms with Crippen molar-refractivity contribution >= 4 is 59.1 Å². The first-order valence-corrected chi connectivity index (χ1v) is 12.9. The van der Waals surface area contributed by atoms with E-state index in [9.17, 15) is 21.6 Å². The lowest BCUT2D eigenvalue weighted by atomic mass is 10.1. The van der Waals surface area contributed by atoms with E-state index in [-0.39, 0.29) is 38.4 Å². The topological polar surface area (TPSA) is 146 Å². The van der Waals surface area contributed by atoms with Gasteiger partial charge in [0.05, 0.1) is 17.6 Å². The van der Waals surface area contributed by atoms with Gasteiger partial charge in [0.25, 0.3) is 5.91 Å². The summed E-state index contributed by atoms with van der Waals surface area (Å²) < 4.78 is 51.7. The number of carbonyl (C=O) groups is 1. The molecule has 160 valence electrons. The Kier molecular flexibility index (Phi) is 5.89. The molecule has 0 spiro atoms. The number of carbonyl (C=O) groups excluding carboxylic acids is 1. The molecule has 1 amide bonds. The van der Waals surface area contributed by atoms with E-state index in [0.717, 1.165) is 23.0 Å². The van der Waals surface area contributed by atoms with Gasteiger partial charge in [0.2, 0.25) is 19.4 Å². The van der Waals surface area contributed by atoms with Gasteiger partial charge in [-0.15, -0.1) is 5.10 Å². The molecule has 2 aliphatic heterocycles. The van der Waals surface area contributed by atoms with Gasteiger partial charge in [0.15, 0.2) is 5.84 Å². The quantitative estimate of drug-likeness (QED) is 0.505. The van der Waals surface area contributed by atoms with E-state index in [1.165, 1.54) is 30.3 Å². The van der Waals surface area contributed by atoms with Gasteiger partial charge in [-0.2, -0.15) is 18.4 Å². The third kappa shape index (κ3) is 4.96. The predicted octanol–water partition coefficient (Wildman–Crippen LogP) is 1.67. The predicted molar refractivity (Wildman–Crippen MR) is 116 cm³/mol. The zero-order valence-corrected chi connectivity index (χ0v) is 18.6. The van der Waals surface area contributed by atoms with Crippen LogP contribution in [0.2, 0.25) is 0 Å². The average molecular weight is 471 g/mol. The number of nitrogens with zero attached hydrogens (tertiary/aromatic N) is 3. The number of sulfone groups is 1. The maximum Gasteiger partial charge on any atom is 0.306 e. The molecule has 3 rings (SSSR count). The standard InChI is InChI=1S/C17H18N4O6S3/c1-10(2)9-30(25,26)17-20-21-14(18)13(15(22)19-16(21)28-17)8-11-4-6-12(7-5-11)27-29(3,23)24/h4-8,10,18H,9H2,1-3H3/b13-8-,18-14?. The van der Waals surface area contributed by atoms with Gasteiger partial charge in [-0.1, -0.05) is 26.0 Å². The number of thioether (sulfide) groups is 1. The van der Waals surface area contributed by atoms with Gasteiger partial charge in [-0.3, -0.25) is 10.2 Å². The highest BCUT2D eigenvalue weighted by atomic mass is 32.3. The summed E-state index contributed by atoms with van der Waals surface area (Å²) in [5.41, 5.74) is 0.411. The Hall–Kier alpha value is -2.51. The van der Waals surface area contributed by atoms with Gasteiger partial charge in [-0.05, 0) is 41.5 Å². The summed E-state index contributed by atoms with van der Waals surface area (Å²) in [6.45, 7) is 3.53. The fraction of sp³-hybridized carbons (Fsp3) is 0.294. The van der Waals surface area contributed by atoms with Crippen LogP contribution in [0.5, 0.6) is 5.75 Å². The van der Waals surface area contributed by atoms with Crippen LogP contribution in [-0.2, 0) is 24.7 Å². The van der Waals surface area contributed by atoms with Crippen LogP contribution in [0.15, 0.2) is 39.9 Å². The van der Waals surface area contributed by atoms with Gasteiger partial charge < -0.3 is 4.18 Å². The van der Waals surface area contributed by atoms with E-state index < -0.39 is 25.9 Å². The number of hydrogen-bond acceptors (Lipinski definition) is 9.